The van der Waals surface area contributed by atoms with Gasteiger partial charge in [-0.2, -0.15) is 0 Å². The van der Waals surface area contributed by atoms with Crippen molar-refractivity contribution in [3.05, 3.63) is 11.6 Å². The van der Waals surface area contributed by atoms with Crippen LogP contribution in [0.25, 0.3) is 0 Å². The normalized spacial score (nSPS) is 32.3. The topological polar surface area (TPSA) is 20.2 Å². The van der Waals surface area contributed by atoms with E-state index in [0.29, 0.717) is 11.8 Å². The Bertz CT molecular complexity index is 240. The summed E-state index contributed by atoms with van der Waals surface area (Å²) in [6.07, 6.45) is 5.35. The first-order valence-electron chi connectivity index (χ1n) is 6.26. The molecule has 0 heterocycles. The van der Waals surface area contributed by atoms with Crippen molar-refractivity contribution in [1.82, 2.24) is 0 Å². The lowest BCUT2D eigenvalue weighted by atomic mass is 9.61. The fraction of sp³-hybridized carbons (Fsp3) is 0.857. The zero-order valence-electron chi connectivity index (χ0n) is 10.9. The van der Waals surface area contributed by atoms with Crippen molar-refractivity contribution in [3.8, 4) is 0 Å². The lowest BCUT2D eigenvalue weighted by molar-refractivity contribution is 0.00539. The molecule has 0 bridgehead atoms. The molecule has 1 aliphatic carbocycles. The number of hydrogen-bond acceptors (Lipinski definition) is 1. The fourth-order valence-corrected chi connectivity index (χ4v) is 3.08. The largest absolute Gasteiger partial charge is 0.393 e. The molecule has 0 spiro atoms. The Kier molecular flexibility index (Phi) is 3.99. The summed E-state index contributed by atoms with van der Waals surface area (Å²) < 4.78 is 0. The first-order chi connectivity index (χ1) is 6.91. The summed E-state index contributed by atoms with van der Waals surface area (Å²) >= 11 is 0. The first kappa shape index (κ1) is 12.8. The molecular weight excluding hydrogens is 184 g/mol. The lowest BCUT2D eigenvalue weighted by Gasteiger charge is -2.45. The average molecular weight is 210 g/mol. The summed E-state index contributed by atoms with van der Waals surface area (Å²) in [6.45, 7) is 11.2. The summed E-state index contributed by atoms with van der Waals surface area (Å²) in [4.78, 5) is 0. The Labute approximate surface area is 94.6 Å². The van der Waals surface area contributed by atoms with Crippen molar-refractivity contribution in [3.63, 3.8) is 0 Å². The van der Waals surface area contributed by atoms with Gasteiger partial charge in [0.2, 0.25) is 0 Å². The van der Waals surface area contributed by atoms with Crippen molar-refractivity contribution in [1.29, 1.82) is 0 Å². The van der Waals surface area contributed by atoms with Gasteiger partial charge < -0.3 is 5.11 Å². The number of aliphatic hydroxyl groups excluding tert-OH is 1. The summed E-state index contributed by atoms with van der Waals surface area (Å²) in [5.74, 6) is 1.02. The lowest BCUT2D eigenvalue weighted by Crippen LogP contribution is -2.41. The fourth-order valence-electron chi connectivity index (χ4n) is 3.08. The van der Waals surface area contributed by atoms with E-state index < -0.39 is 0 Å². The zero-order valence-corrected chi connectivity index (χ0v) is 10.9. The van der Waals surface area contributed by atoms with Gasteiger partial charge in [0.1, 0.15) is 0 Å². The number of aliphatic hydroxyl groups is 1. The van der Waals surface area contributed by atoms with Crippen LogP contribution < -0.4 is 0 Å². The standard InChI is InChI=1S/C14H26O/c1-6-7-12(15)13-10(2)8-9-11(3)14(13,4)5/h9-10,12-13,15H,6-8H2,1-5H3/t10-,12?,13+/m0/s1. The molecule has 0 saturated heterocycles. The molecule has 88 valence electrons. The van der Waals surface area contributed by atoms with Crippen molar-refractivity contribution in [2.45, 2.75) is 60.0 Å². The zero-order chi connectivity index (χ0) is 11.6. The van der Waals surface area contributed by atoms with Gasteiger partial charge in [-0.1, -0.05) is 45.8 Å². The third kappa shape index (κ3) is 2.44. The summed E-state index contributed by atoms with van der Waals surface area (Å²) in [6, 6.07) is 0. The Hall–Kier alpha value is -0.300. The molecule has 1 nitrogen and oxygen atoms in total. The average Bonchev–Trinajstić information content (AvgIpc) is 2.12. The molecule has 0 aromatic heterocycles. The SMILES string of the molecule is CCCC(O)[C@H]1[C@@H](C)CC=C(C)C1(C)C. The van der Waals surface area contributed by atoms with Crippen LogP contribution in [0.15, 0.2) is 11.6 Å². The van der Waals surface area contributed by atoms with Crippen molar-refractivity contribution >= 4 is 0 Å². The van der Waals surface area contributed by atoms with E-state index in [9.17, 15) is 5.11 Å². The predicted octanol–water partition coefficient (Wildman–Crippen LogP) is 3.78. The van der Waals surface area contributed by atoms with Crippen LogP contribution in [-0.2, 0) is 0 Å². The Morgan fingerprint density at radius 1 is 1.53 bits per heavy atom. The second-order valence-corrected chi connectivity index (χ2v) is 5.70. The van der Waals surface area contributed by atoms with Crippen LogP contribution in [-0.4, -0.2) is 11.2 Å². The summed E-state index contributed by atoms with van der Waals surface area (Å²) in [7, 11) is 0. The molecular formula is C14H26O. The number of rotatable bonds is 3. The summed E-state index contributed by atoms with van der Waals surface area (Å²) in [5.41, 5.74) is 1.60. The maximum absolute atomic E-state index is 10.3. The van der Waals surface area contributed by atoms with Crippen LogP contribution in [0.5, 0.6) is 0 Å². The van der Waals surface area contributed by atoms with E-state index in [1.165, 1.54) is 5.57 Å². The molecule has 1 rings (SSSR count). The van der Waals surface area contributed by atoms with E-state index in [1.54, 1.807) is 0 Å². The molecule has 15 heavy (non-hydrogen) atoms. The van der Waals surface area contributed by atoms with E-state index in [1.807, 2.05) is 0 Å². The van der Waals surface area contributed by atoms with E-state index in [4.69, 9.17) is 0 Å². The molecule has 0 aromatic rings. The van der Waals surface area contributed by atoms with Crippen LogP contribution in [0.3, 0.4) is 0 Å². The Morgan fingerprint density at radius 2 is 2.13 bits per heavy atom. The van der Waals surface area contributed by atoms with Gasteiger partial charge in [0.05, 0.1) is 6.10 Å². The third-order valence-electron chi connectivity index (χ3n) is 4.26. The second kappa shape index (κ2) is 4.69. The van der Waals surface area contributed by atoms with Gasteiger partial charge in [0.25, 0.3) is 0 Å². The highest BCUT2D eigenvalue weighted by Gasteiger charge is 2.41. The van der Waals surface area contributed by atoms with E-state index >= 15 is 0 Å². The van der Waals surface area contributed by atoms with Crippen molar-refractivity contribution in [2.75, 3.05) is 0 Å². The molecule has 1 N–H and O–H groups in total. The maximum Gasteiger partial charge on any atom is 0.0579 e. The van der Waals surface area contributed by atoms with Gasteiger partial charge in [-0.05, 0) is 37.0 Å². The third-order valence-corrected chi connectivity index (χ3v) is 4.26. The van der Waals surface area contributed by atoms with Crippen molar-refractivity contribution < 1.29 is 5.11 Å². The van der Waals surface area contributed by atoms with Crippen LogP contribution in [0, 0.1) is 17.3 Å². The molecule has 0 aromatic carbocycles. The van der Waals surface area contributed by atoms with E-state index in [-0.39, 0.29) is 11.5 Å². The molecule has 0 aliphatic heterocycles. The second-order valence-electron chi connectivity index (χ2n) is 5.70. The monoisotopic (exact) mass is 210 g/mol. The van der Waals surface area contributed by atoms with Crippen LogP contribution in [0.2, 0.25) is 0 Å². The summed E-state index contributed by atoms with van der Waals surface area (Å²) in [5, 5.41) is 10.3. The minimum atomic E-state index is -0.136. The Morgan fingerprint density at radius 3 is 2.67 bits per heavy atom. The molecule has 0 saturated carbocycles. The van der Waals surface area contributed by atoms with E-state index in [2.05, 4.69) is 40.7 Å². The van der Waals surface area contributed by atoms with Gasteiger partial charge in [-0.25, -0.2) is 0 Å². The molecule has 1 unspecified atom stereocenters. The van der Waals surface area contributed by atoms with Crippen LogP contribution in [0.4, 0.5) is 0 Å². The highest BCUT2D eigenvalue weighted by atomic mass is 16.3. The molecule has 1 heteroatoms. The first-order valence-corrected chi connectivity index (χ1v) is 6.26. The van der Waals surface area contributed by atoms with Crippen LogP contribution >= 0.6 is 0 Å². The molecule has 0 radical (unpaired) electrons. The van der Waals surface area contributed by atoms with Gasteiger partial charge in [-0.3, -0.25) is 0 Å². The maximum atomic E-state index is 10.3. The van der Waals surface area contributed by atoms with Crippen molar-refractivity contribution in [2.24, 2.45) is 17.3 Å². The quantitative estimate of drug-likeness (QED) is 0.703. The smallest absolute Gasteiger partial charge is 0.0579 e. The van der Waals surface area contributed by atoms with Crippen LogP contribution in [0.1, 0.15) is 53.9 Å². The molecule has 0 fully saturated rings. The highest BCUT2D eigenvalue weighted by molar-refractivity contribution is 5.17. The highest BCUT2D eigenvalue weighted by Crippen LogP contribution is 2.46. The number of hydrogen-bond donors (Lipinski definition) is 1. The van der Waals surface area contributed by atoms with E-state index in [0.717, 1.165) is 19.3 Å². The molecule has 0 amide bonds. The Balaban J connectivity index is 2.89. The molecule has 1 aliphatic rings. The van der Waals surface area contributed by atoms with Gasteiger partial charge in [-0.15, -0.1) is 0 Å². The predicted molar refractivity (Wildman–Crippen MR) is 65.7 cm³/mol. The number of allylic oxidation sites excluding steroid dienone is 2. The van der Waals surface area contributed by atoms with Gasteiger partial charge in [0, 0.05) is 0 Å². The van der Waals surface area contributed by atoms with Gasteiger partial charge in [0.15, 0.2) is 0 Å². The minimum Gasteiger partial charge on any atom is -0.393 e. The molecule has 3 atom stereocenters. The minimum absolute atomic E-state index is 0.136. The van der Waals surface area contributed by atoms with Gasteiger partial charge >= 0.3 is 0 Å².